The molecule has 164 valence electrons. The number of benzene rings is 2. The van der Waals surface area contributed by atoms with Gasteiger partial charge in [0.15, 0.2) is 0 Å². The van der Waals surface area contributed by atoms with Gasteiger partial charge < -0.3 is 14.9 Å². The highest BCUT2D eigenvalue weighted by molar-refractivity contribution is 5.92. The quantitative estimate of drug-likeness (QED) is 0.470. The van der Waals surface area contributed by atoms with Gasteiger partial charge in [0.2, 0.25) is 5.91 Å². The number of carbonyl (C=O) groups excluding carboxylic acids is 1. The topological polar surface area (TPSA) is 62.7 Å². The Labute approximate surface area is 182 Å². The van der Waals surface area contributed by atoms with Crippen LogP contribution in [0.1, 0.15) is 30.0 Å². The Balaban J connectivity index is 1.40. The first kappa shape index (κ1) is 20.4. The third-order valence-electron chi connectivity index (χ3n) is 6.12. The number of hydrogen-bond donors (Lipinski definition) is 2. The number of H-pyrrole nitrogens is 1. The normalized spacial score (nSPS) is 18.0. The molecule has 1 amide bonds. The lowest BCUT2D eigenvalue weighted by atomic mass is 9.70. The Morgan fingerprint density at radius 2 is 1.91 bits per heavy atom. The van der Waals surface area contributed by atoms with Crippen LogP contribution in [0.5, 0.6) is 0 Å². The molecule has 5 nitrogen and oxygen atoms in total. The minimum absolute atomic E-state index is 0.0457. The molecule has 0 unspecified atom stereocenters. The van der Waals surface area contributed by atoms with Crippen molar-refractivity contribution in [3.8, 4) is 11.3 Å². The summed E-state index contributed by atoms with van der Waals surface area (Å²) in [5, 5.41) is 3.36. The summed E-state index contributed by atoms with van der Waals surface area (Å²) < 4.78 is 43.7. The van der Waals surface area contributed by atoms with Gasteiger partial charge in [-0.2, -0.15) is 0 Å². The Hall–Kier alpha value is -3.55. The molecule has 1 fully saturated rings. The largest absolute Gasteiger partial charge is 0.352 e. The zero-order chi connectivity index (χ0) is 22.4. The van der Waals surface area contributed by atoms with E-state index in [0.717, 1.165) is 17.3 Å². The number of fused-ring (bicyclic) bond motifs is 1. The molecule has 0 bridgehead atoms. The first-order chi connectivity index (χ1) is 15.4. The molecule has 0 aliphatic heterocycles. The average Bonchev–Trinajstić information content (AvgIpc) is 3.30. The number of nitrogens with one attached hydrogen (secondary N) is 2. The number of halogens is 3. The molecule has 2 heterocycles. The third kappa shape index (κ3) is 3.66. The Kier molecular flexibility index (Phi) is 5.00. The molecule has 1 aliphatic rings. The van der Waals surface area contributed by atoms with E-state index in [-0.39, 0.29) is 29.1 Å². The SMILES string of the molecule is Cn1cnc(CNC(=O)[C@H]2C[C@@H](c3c(-c4ccc(F)cc4)[nH]c4c(F)cc(F)cc43)C2)c1. The molecule has 1 aliphatic carbocycles. The van der Waals surface area contributed by atoms with Gasteiger partial charge in [-0.1, -0.05) is 0 Å². The molecule has 2 aromatic heterocycles. The summed E-state index contributed by atoms with van der Waals surface area (Å²) in [6.07, 6.45) is 4.64. The maximum absolute atomic E-state index is 14.5. The van der Waals surface area contributed by atoms with Crippen molar-refractivity contribution in [2.75, 3.05) is 0 Å². The second-order valence-electron chi connectivity index (χ2n) is 8.34. The van der Waals surface area contributed by atoms with E-state index >= 15 is 0 Å². The first-order valence-electron chi connectivity index (χ1n) is 10.4. The summed E-state index contributed by atoms with van der Waals surface area (Å²) >= 11 is 0. The maximum atomic E-state index is 14.5. The second-order valence-corrected chi connectivity index (χ2v) is 8.34. The lowest BCUT2D eigenvalue weighted by Gasteiger charge is -2.35. The Bertz CT molecular complexity index is 1300. The fraction of sp³-hybridized carbons (Fsp3) is 0.250. The van der Waals surface area contributed by atoms with Crippen LogP contribution in [0.4, 0.5) is 13.2 Å². The van der Waals surface area contributed by atoms with Crippen LogP contribution in [0, 0.1) is 23.4 Å². The molecule has 1 saturated carbocycles. The van der Waals surface area contributed by atoms with Gasteiger partial charge in [0, 0.05) is 30.6 Å². The van der Waals surface area contributed by atoms with Gasteiger partial charge in [0.25, 0.3) is 0 Å². The van der Waals surface area contributed by atoms with Crippen molar-refractivity contribution in [2.24, 2.45) is 13.0 Å². The second kappa shape index (κ2) is 7.85. The highest BCUT2D eigenvalue weighted by Crippen LogP contribution is 2.48. The van der Waals surface area contributed by atoms with E-state index in [1.165, 1.54) is 18.2 Å². The van der Waals surface area contributed by atoms with Crippen LogP contribution in [-0.2, 0) is 18.4 Å². The van der Waals surface area contributed by atoms with Gasteiger partial charge in [-0.05, 0) is 60.2 Å². The van der Waals surface area contributed by atoms with Crippen molar-refractivity contribution >= 4 is 16.8 Å². The third-order valence-corrected chi connectivity index (χ3v) is 6.12. The summed E-state index contributed by atoms with van der Waals surface area (Å²) in [7, 11) is 1.86. The van der Waals surface area contributed by atoms with Crippen LogP contribution < -0.4 is 5.32 Å². The van der Waals surface area contributed by atoms with E-state index in [1.54, 1.807) is 18.5 Å². The minimum Gasteiger partial charge on any atom is -0.352 e. The number of imidazole rings is 1. The summed E-state index contributed by atoms with van der Waals surface area (Å²) in [6.45, 7) is 0.352. The van der Waals surface area contributed by atoms with Gasteiger partial charge in [0.05, 0.1) is 29.8 Å². The monoisotopic (exact) mass is 438 g/mol. The van der Waals surface area contributed by atoms with Crippen LogP contribution in [0.25, 0.3) is 22.2 Å². The van der Waals surface area contributed by atoms with E-state index in [0.29, 0.717) is 36.0 Å². The fourth-order valence-electron chi connectivity index (χ4n) is 4.46. The van der Waals surface area contributed by atoms with Crippen LogP contribution in [-0.4, -0.2) is 20.4 Å². The molecule has 0 radical (unpaired) electrons. The number of rotatable bonds is 5. The van der Waals surface area contributed by atoms with Gasteiger partial charge in [-0.25, -0.2) is 18.2 Å². The van der Waals surface area contributed by atoms with E-state index in [4.69, 9.17) is 0 Å². The standard InChI is InChI=1S/C24H21F3N4O/c1-31-11-18(29-12-31)10-28-24(32)15-6-14(7-15)21-19-8-17(26)9-20(27)23(19)30-22(21)13-2-4-16(25)5-3-13/h2-5,8-9,11-12,14-15,30H,6-7,10H2,1H3,(H,28,32)/t14-,15+. The Morgan fingerprint density at radius 3 is 2.59 bits per heavy atom. The minimum atomic E-state index is -0.682. The van der Waals surface area contributed by atoms with E-state index in [9.17, 15) is 18.0 Å². The van der Waals surface area contributed by atoms with Crippen molar-refractivity contribution in [3.63, 3.8) is 0 Å². The molecular weight excluding hydrogens is 417 g/mol. The van der Waals surface area contributed by atoms with Crippen molar-refractivity contribution in [1.82, 2.24) is 19.9 Å². The molecular formula is C24H21F3N4O. The van der Waals surface area contributed by atoms with Gasteiger partial charge in [0.1, 0.15) is 17.5 Å². The van der Waals surface area contributed by atoms with E-state index < -0.39 is 11.6 Å². The van der Waals surface area contributed by atoms with Gasteiger partial charge in [-0.15, -0.1) is 0 Å². The van der Waals surface area contributed by atoms with Crippen molar-refractivity contribution < 1.29 is 18.0 Å². The molecule has 0 saturated heterocycles. The van der Waals surface area contributed by atoms with Crippen LogP contribution >= 0.6 is 0 Å². The number of aryl methyl sites for hydroxylation is 1. The summed E-state index contributed by atoms with van der Waals surface area (Å²) in [5.41, 5.74) is 3.06. The average molecular weight is 438 g/mol. The molecule has 2 N–H and O–H groups in total. The molecule has 2 aromatic carbocycles. The summed E-state index contributed by atoms with van der Waals surface area (Å²) in [5.74, 6) is -2.02. The summed E-state index contributed by atoms with van der Waals surface area (Å²) in [6, 6.07) is 8.02. The lowest BCUT2D eigenvalue weighted by Crippen LogP contribution is -2.37. The molecule has 5 rings (SSSR count). The van der Waals surface area contributed by atoms with Crippen LogP contribution in [0.3, 0.4) is 0 Å². The zero-order valence-electron chi connectivity index (χ0n) is 17.3. The predicted octanol–water partition coefficient (Wildman–Crippen LogP) is 4.80. The van der Waals surface area contributed by atoms with Crippen molar-refractivity contribution in [3.05, 3.63) is 77.6 Å². The fourth-order valence-corrected chi connectivity index (χ4v) is 4.46. The first-order valence-corrected chi connectivity index (χ1v) is 10.4. The Morgan fingerprint density at radius 1 is 1.16 bits per heavy atom. The zero-order valence-corrected chi connectivity index (χ0v) is 17.3. The van der Waals surface area contributed by atoms with E-state index in [1.807, 2.05) is 17.8 Å². The number of nitrogens with zero attached hydrogens (tertiary/aromatic N) is 2. The number of carbonyl (C=O) groups is 1. The number of amides is 1. The van der Waals surface area contributed by atoms with Crippen molar-refractivity contribution in [1.29, 1.82) is 0 Å². The number of hydrogen-bond acceptors (Lipinski definition) is 2. The molecule has 8 heteroatoms. The molecule has 4 aromatic rings. The number of aromatic amines is 1. The smallest absolute Gasteiger partial charge is 0.223 e. The molecule has 0 atom stereocenters. The maximum Gasteiger partial charge on any atom is 0.223 e. The van der Waals surface area contributed by atoms with Crippen LogP contribution in [0.15, 0.2) is 48.9 Å². The van der Waals surface area contributed by atoms with E-state index in [2.05, 4.69) is 15.3 Å². The predicted molar refractivity (Wildman–Crippen MR) is 114 cm³/mol. The number of aromatic nitrogens is 3. The van der Waals surface area contributed by atoms with Gasteiger partial charge in [-0.3, -0.25) is 4.79 Å². The highest BCUT2D eigenvalue weighted by Gasteiger charge is 2.38. The van der Waals surface area contributed by atoms with Crippen LogP contribution in [0.2, 0.25) is 0 Å². The molecule has 0 spiro atoms. The summed E-state index contributed by atoms with van der Waals surface area (Å²) in [4.78, 5) is 19.8. The molecule has 32 heavy (non-hydrogen) atoms. The van der Waals surface area contributed by atoms with Crippen molar-refractivity contribution in [2.45, 2.75) is 25.3 Å². The van der Waals surface area contributed by atoms with Gasteiger partial charge >= 0.3 is 0 Å². The highest BCUT2D eigenvalue weighted by atomic mass is 19.1. The lowest BCUT2D eigenvalue weighted by molar-refractivity contribution is -0.128.